The van der Waals surface area contributed by atoms with E-state index < -0.39 is 18.0 Å². The lowest BCUT2D eigenvalue weighted by molar-refractivity contribution is -0.141. The molecule has 0 radical (unpaired) electrons. The van der Waals surface area contributed by atoms with Gasteiger partial charge in [0.2, 0.25) is 17.7 Å². The van der Waals surface area contributed by atoms with Crippen molar-refractivity contribution in [1.82, 2.24) is 25.3 Å². The molecule has 2 heterocycles. The van der Waals surface area contributed by atoms with Gasteiger partial charge >= 0.3 is 6.09 Å². The summed E-state index contributed by atoms with van der Waals surface area (Å²) >= 11 is 0. The van der Waals surface area contributed by atoms with Crippen LogP contribution in [0.15, 0.2) is 54.6 Å². The second-order valence-electron chi connectivity index (χ2n) is 10.3. The summed E-state index contributed by atoms with van der Waals surface area (Å²) in [5, 5.41) is 5.42. The first kappa shape index (κ1) is 29.4. The summed E-state index contributed by atoms with van der Waals surface area (Å²) < 4.78 is 11.3. The highest BCUT2D eigenvalue weighted by Gasteiger charge is 2.38. The predicted molar refractivity (Wildman–Crippen MR) is 148 cm³/mol. The molecular formula is C29H35N5O7. The molecule has 218 valence electrons. The van der Waals surface area contributed by atoms with Crippen LogP contribution < -0.4 is 15.4 Å². The topological polar surface area (TPSA) is 138 Å². The molecule has 2 aliphatic rings. The first-order chi connectivity index (χ1) is 19.6. The number of benzene rings is 2. The third kappa shape index (κ3) is 7.74. The van der Waals surface area contributed by atoms with E-state index in [2.05, 4.69) is 10.6 Å². The minimum atomic E-state index is -1.18. The van der Waals surface area contributed by atoms with E-state index in [1.807, 2.05) is 18.2 Å². The van der Waals surface area contributed by atoms with Gasteiger partial charge in [-0.1, -0.05) is 36.4 Å². The Hall–Kier alpha value is -4.61. The maximum Gasteiger partial charge on any atom is 0.408 e. The van der Waals surface area contributed by atoms with Crippen LogP contribution in [0.2, 0.25) is 0 Å². The zero-order valence-electron chi connectivity index (χ0n) is 23.4. The molecule has 2 aromatic carbocycles. The molecule has 2 bridgehead atoms. The molecule has 5 amide bonds. The van der Waals surface area contributed by atoms with Crippen LogP contribution in [0.4, 0.5) is 4.79 Å². The predicted octanol–water partition coefficient (Wildman–Crippen LogP) is 1.01. The molecule has 2 aromatic rings. The maximum atomic E-state index is 13.5. The van der Waals surface area contributed by atoms with Crippen LogP contribution in [0.3, 0.4) is 0 Å². The molecular weight excluding hydrogens is 530 g/mol. The molecule has 3 atom stereocenters. The second kappa shape index (κ2) is 13.2. The molecule has 1 fully saturated rings. The van der Waals surface area contributed by atoms with Crippen molar-refractivity contribution >= 4 is 29.7 Å². The fraction of sp³-hybridized carbons (Fsp3) is 0.414. The highest BCUT2D eigenvalue weighted by atomic mass is 16.5. The van der Waals surface area contributed by atoms with Crippen LogP contribution >= 0.6 is 0 Å². The van der Waals surface area contributed by atoms with E-state index in [0.29, 0.717) is 17.7 Å². The van der Waals surface area contributed by atoms with Crippen molar-refractivity contribution in [2.24, 2.45) is 0 Å². The van der Waals surface area contributed by atoms with Crippen molar-refractivity contribution in [3.63, 3.8) is 0 Å². The van der Waals surface area contributed by atoms with Gasteiger partial charge in [0.1, 0.15) is 25.0 Å². The van der Waals surface area contributed by atoms with Gasteiger partial charge in [0.15, 0.2) is 0 Å². The Morgan fingerprint density at radius 3 is 2.46 bits per heavy atom. The summed E-state index contributed by atoms with van der Waals surface area (Å²) in [6.07, 6.45) is -0.360. The lowest BCUT2D eigenvalue weighted by Crippen LogP contribution is -2.55. The number of alkyl carbamates (subject to hydrolysis) is 1. The zero-order valence-corrected chi connectivity index (χ0v) is 23.4. The molecule has 0 saturated carbocycles. The summed E-state index contributed by atoms with van der Waals surface area (Å²) in [7, 11) is 2.98. The molecule has 1 saturated heterocycles. The van der Waals surface area contributed by atoms with Gasteiger partial charge in [0, 0.05) is 39.2 Å². The summed E-state index contributed by atoms with van der Waals surface area (Å²) in [6.45, 7) is 1.38. The molecule has 12 heteroatoms. The number of nitrogens with zero attached hydrogens (tertiary/aromatic N) is 3. The SMILES string of the molecule is CC(=O)N[C@H]1C[C@H]2COc3cccc(c3)C(=O)N(C)C[C@H](NC(=O)OCc3ccccc3)C(=O)N(C)CC(=O)N2C1. The fourth-order valence-corrected chi connectivity index (χ4v) is 4.99. The number of hydrogen-bond acceptors (Lipinski definition) is 7. The maximum absolute atomic E-state index is 13.5. The van der Waals surface area contributed by atoms with Crippen molar-refractivity contribution in [2.75, 3.05) is 40.3 Å². The summed E-state index contributed by atoms with van der Waals surface area (Å²) in [5.41, 5.74) is 1.10. The number of likely N-dealkylation sites (N-methyl/N-ethyl adjacent to an activating group) is 2. The van der Waals surface area contributed by atoms with E-state index in [1.54, 1.807) is 41.3 Å². The number of rotatable bonds is 4. The largest absolute Gasteiger partial charge is 0.491 e. The van der Waals surface area contributed by atoms with Gasteiger partial charge in [-0.3, -0.25) is 19.2 Å². The molecule has 41 heavy (non-hydrogen) atoms. The summed E-state index contributed by atoms with van der Waals surface area (Å²) in [4.78, 5) is 68.7. The van der Waals surface area contributed by atoms with E-state index in [9.17, 15) is 24.0 Å². The molecule has 0 spiro atoms. The average molecular weight is 566 g/mol. The number of amides is 5. The van der Waals surface area contributed by atoms with Crippen LogP contribution in [0.25, 0.3) is 0 Å². The van der Waals surface area contributed by atoms with E-state index in [1.165, 1.54) is 30.8 Å². The van der Waals surface area contributed by atoms with Crippen molar-refractivity contribution in [3.8, 4) is 5.75 Å². The highest BCUT2D eigenvalue weighted by Crippen LogP contribution is 2.22. The molecule has 0 aromatic heterocycles. The third-order valence-corrected chi connectivity index (χ3v) is 7.02. The molecule has 2 aliphatic heterocycles. The van der Waals surface area contributed by atoms with Crippen molar-refractivity contribution in [3.05, 3.63) is 65.7 Å². The first-order valence-corrected chi connectivity index (χ1v) is 13.4. The highest BCUT2D eigenvalue weighted by molar-refractivity contribution is 5.95. The van der Waals surface area contributed by atoms with Gasteiger partial charge in [-0.05, 0) is 30.2 Å². The van der Waals surface area contributed by atoms with Crippen LogP contribution in [-0.2, 0) is 25.7 Å². The minimum absolute atomic E-state index is 0.00468. The number of fused-ring (bicyclic) bond motifs is 3. The van der Waals surface area contributed by atoms with Gasteiger partial charge in [0.05, 0.1) is 19.1 Å². The van der Waals surface area contributed by atoms with E-state index in [0.717, 1.165) is 5.56 Å². The lowest BCUT2D eigenvalue weighted by Gasteiger charge is -2.30. The first-order valence-electron chi connectivity index (χ1n) is 13.4. The van der Waals surface area contributed by atoms with Crippen molar-refractivity contribution in [1.29, 1.82) is 0 Å². The normalized spacial score (nSPS) is 21.8. The zero-order chi connectivity index (χ0) is 29.5. The number of ether oxygens (including phenoxy) is 2. The third-order valence-electron chi connectivity index (χ3n) is 7.02. The second-order valence-corrected chi connectivity index (χ2v) is 10.3. The number of carbonyl (C=O) groups excluding carboxylic acids is 5. The standard InChI is InChI=1S/C29H35N5O7/c1-19(35)30-22-13-23-18-40-24-11-7-10-21(12-24)27(37)32(2)15-25(28(38)33(3)16-26(36)34(23)14-22)31-29(39)41-17-20-8-5-4-6-9-20/h4-12,22-23,25H,13-18H2,1-3H3,(H,30,35)(H,31,39)/t22-,23-,25-/m0/s1. The van der Waals surface area contributed by atoms with Crippen LogP contribution in [0.5, 0.6) is 5.75 Å². The van der Waals surface area contributed by atoms with Crippen LogP contribution in [0, 0.1) is 0 Å². The Balaban J connectivity index is 1.57. The Labute approximate surface area is 238 Å². The number of nitrogens with one attached hydrogen (secondary N) is 2. The molecule has 0 aliphatic carbocycles. The molecule has 0 unspecified atom stereocenters. The van der Waals surface area contributed by atoms with Gasteiger partial charge in [-0.15, -0.1) is 0 Å². The Kier molecular flexibility index (Phi) is 9.43. The van der Waals surface area contributed by atoms with Gasteiger partial charge in [0.25, 0.3) is 5.91 Å². The molecule has 4 rings (SSSR count). The van der Waals surface area contributed by atoms with Gasteiger partial charge < -0.3 is 34.8 Å². The molecule has 2 N–H and O–H groups in total. The monoisotopic (exact) mass is 565 g/mol. The van der Waals surface area contributed by atoms with Gasteiger partial charge in [-0.25, -0.2) is 4.79 Å². The minimum Gasteiger partial charge on any atom is -0.491 e. The summed E-state index contributed by atoms with van der Waals surface area (Å²) in [5.74, 6) is -1.04. The van der Waals surface area contributed by atoms with Crippen molar-refractivity contribution < 1.29 is 33.4 Å². The lowest BCUT2D eigenvalue weighted by atomic mass is 10.1. The Morgan fingerprint density at radius 2 is 1.73 bits per heavy atom. The average Bonchev–Trinajstić information content (AvgIpc) is 3.36. The summed E-state index contributed by atoms with van der Waals surface area (Å²) in [6, 6.07) is 13.9. The van der Waals surface area contributed by atoms with Gasteiger partial charge in [-0.2, -0.15) is 0 Å². The van der Waals surface area contributed by atoms with E-state index in [4.69, 9.17) is 9.47 Å². The Bertz CT molecular complexity index is 1290. The van der Waals surface area contributed by atoms with Crippen LogP contribution in [-0.4, -0.2) is 103 Å². The van der Waals surface area contributed by atoms with E-state index >= 15 is 0 Å². The van der Waals surface area contributed by atoms with Crippen molar-refractivity contribution in [2.45, 2.75) is 38.1 Å². The number of hydrogen-bond donors (Lipinski definition) is 2. The Morgan fingerprint density at radius 1 is 0.976 bits per heavy atom. The quantitative estimate of drug-likeness (QED) is 0.565. The fourth-order valence-electron chi connectivity index (χ4n) is 4.99. The van der Waals surface area contributed by atoms with E-state index in [-0.39, 0.29) is 62.7 Å². The van der Waals surface area contributed by atoms with Crippen LogP contribution in [0.1, 0.15) is 29.3 Å². The molecule has 12 nitrogen and oxygen atoms in total. The smallest absolute Gasteiger partial charge is 0.408 e. The number of carbonyl (C=O) groups is 5.